The summed E-state index contributed by atoms with van der Waals surface area (Å²) in [6, 6.07) is 7.88. The highest BCUT2D eigenvalue weighted by Crippen LogP contribution is 2.63. The second-order valence-corrected chi connectivity index (χ2v) is 11.7. The predicted octanol–water partition coefficient (Wildman–Crippen LogP) is 3.68. The number of carbonyl (C=O) groups is 3. The van der Waals surface area contributed by atoms with Gasteiger partial charge in [0.2, 0.25) is 11.8 Å². The van der Waals surface area contributed by atoms with Crippen LogP contribution in [0.5, 0.6) is 0 Å². The number of benzene rings is 1. The number of aliphatic hydroxyl groups excluding tert-OH is 1. The zero-order valence-corrected chi connectivity index (χ0v) is 24.1. The minimum absolute atomic E-state index is 0.0848. The summed E-state index contributed by atoms with van der Waals surface area (Å²) in [7, 11) is 0. The van der Waals surface area contributed by atoms with E-state index in [-0.39, 0.29) is 31.1 Å². The van der Waals surface area contributed by atoms with Crippen molar-refractivity contribution in [1.29, 1.82) is 0 Å². The first kappa shape index (κ1) is 30.0. The molecule has 4 rings (SSSR count). The van der Waals surface area contributed by atoms with E-state index in [0.717, 1.165) is 18.4 Å². The molecule has 0 radical (unpaired) electrons. The maximum atomic E-state index is 14.6. The second-order valence-electron chi connectivity index (χ2n) is 11.7. The van der Waals surface area contributed by atoms with Crippen LogP contribution in [0.25, 0.3) is 0 Å². The molecule has 3 heterocycles. The normalized spacial score (nSPS) is 30.1. The summed E-state index contributed by atoms with van der Waals surface area (Å²) in [5.41, 5.74) is -1.15. The molecule has 0 saturated carbocycles. The van der Waals surface area contributed by atoms with Crippen molar-refractivity contribution in [2.75, 3.05) is 19.8 Å². The minimum Gasteiger partial charge on any atom is -0.465 e. The number of hydrogen-bond acceptors (Lipinski definition) is 6. The molecule has 40 heavy (non-hydrogen) atoms. The van der Waals surface area contributed by atoms with Crippen LogP contribution in [0.4, 0.5) is 0 Å². The van der Waals surface area contributed by atoms with Crippen molar-refractivity contribution in [2.45, 2.75) is 88.6 Å². The molecule has 7 atom stereocenters. The van der Waals surface area contributed by atoms with Crippen molar-refractivity contribution >= 4 is 17.8 Å². The van der Waals surface area contributed by atoms with Gasteiger partial charge in [-0.25, -0.2) is 0 Å². The second kappa shape index (κ2) is 12.3. The third-order valence-corrected chi connectivity index (χ3v) is 9.03. The molecule has 1 aromatic rings. The van der Waals surface area contributed by atoms with E-state index in [1.807, 2.05) is 44.2 Å². The number of fused-ring (bicyclic) bond motifs is 1. The van der Waals surface area contributed by atoms with Crippen molar-refractivity contribution in [2.24, 2.45) is 11.8 Å². The van der Waals surface area contributed by atoms with E-state index >= 15 is 0 Å². The highest BCUT2D eigenvalue weighted by Gasteiger charge is 2.79. The van der Waals surface area contributed by atoms with Crippen LogP contribution < -0.4 is 0 Å². The number of nitrogens with zero attached hydrogens (tertiary/aromatic N) is 2. The van der Waals surface area contributed by atoms with E-state index in [1.165, 1.54) is 0 Å². The van der Waals surface area contributed by atoms with Gasteiger partial charge in [-0.1, -0.05) is 55.8 Å². The van der Waals surface area contributed by atoms with Crippen LogP contribution in [0.2, 0.25) is 0 Å². The fourth-order valence-corrected chi connectivity index (χ4v) is 7.22. The zero-order chi connectivity index (χ0) is 29.1. The topological polar surface area (TPSA) is 96.4 Å². The summed E-state index contributed by atoms with van der Waals surface area (Å²) in [6.45, 7) is 13.6. The Labute approximate surface area is 238 Å². The largest absolute Gasteiger partial charge is 0.465 e. The molecule has 3 aliphatic heterocycles. The number of likely N-dealkylation sites (tertiary alicyclic amines) is 1. The molecule has 1 spiro atoms. The SMILES string of the molecule is C=CCCOC(=O)[C@H]1[C@H]2C(=O)N([C@@H](CO)Cc3ccccc3)C(C(=O)N(CC=C)C(C)CCC)C23CC[C@]1(C)O3. The number of esters is 1. The lowest BCUT2D eigenvalue weighted by molar-refractivity contribution is -0.162. The Morgan fingerprint density at radius 3 is 2.60 bits per heavy atom. The fourth-order valence-electron chi connectivity index (χ4n) is 7.22. The van der Waals surface area contributed by atoms with Gasteiger partial charge in [0.25, 0.3) is 0 Å². The lowest BCUT2D eigenvalue weighted by Crippen LogP contribution is -2.60. The molecule has 8 heteroatoms. The number of hydrogen-bond donors (Lipinski definition) is 1. The van der Waals surface area contributed by atoms with Crippen molar-refractivity contribution in [3.63, 3.8) is 0 Å². The summed E-state index contributed by atoms with van der Waals surface area (Å²) >= 11 is 0. The summed E-state index contributed by atoms with van der Waals surface area (Å²) in [6.07, 6.45) is 6.93. The lowest BCUT2D eigenvalue weighted by Gasteiger charge is -2.41. The Bertz CT molecular complexity index is 1110. The van der Waals surface area contributed by atoms with Crippen molar-refractivity contribution in [3.05, 3.63) is 61.2 Å². The number of aliphatic hydroxyl groups is 1. The van der Waals surface area contributed by atoms with Crippen LogP contribution >= 0.6 is 0 Å². The zero-order valence-electron chi connectivity index (χ0n) is 24.1. The standard InChI is InChI=1S/C32H44N2O6/c1-6-9-19-39-30(38)26-25-28(36)34(24(21-35)20-23-14-11-10-12-15-23)27(32(25)17-16-31(26,5)40-32)29(37)33(18-8-3)22(4)13-7-2/h6,8,10-12,14-15,22,24-27,35H,1,3,7,9,13,16-21H2,2,4-5H3/t22?,24-,25+,26-,27?,31+,32?/m1/s1. The van der Waals surface area contributed by atoms with E-state index in [4.69, 9.17) is 9.47 Å². The van der Waals surface area contributed by atoms with Gasteiger partial charge in [-0.2, -0.15) is 0 Å². The van der Waals surface area contributed by atoms with E-state index < -0.39 is 41.1 Å². The summed E-state index contributed by atoms with van der Waals surface area (Å²) in [5, 5.41) is 10.6. The molecule has 3 fully saturated rings. The monoisotopic (exact) mass is 552 g/mol. The Kier molecular flexibility index (Phi) is 9.20. The third-order valence-electron chi connectivity index (χ3n) is 9.03. The molecule has 1 N–H and O–H groups in total. The lowest BCUT2D eigenvalue weighted by atomic mass is 9.66. The van der Waals surface area contributed by atoms with Crippen LogP contribution in [0.15, 0.2) is 55.6 Å². The quantitative estimate of drug-likeness (QED) is 0.215. The first-order chi connectivity index (χ1) is 19.2. The summed E-state index contributed by atoms with van der Waals surface area (Å²) in [4.78, 5) is 45.8. The molecule has 0 aromatic heterocycles. The van der Waals surface area contributed by atoms with Crippen LogP contribution in [-0.4, -0.2) is 81.8 Å². The number of amides is 2. The molecule has 1 aromatic carbocycles. The molecular formula is C32H44N2O6. The van der Waals surface area contributed by atoms with Gasteiger partial charge in [-0.05, 0) is 51.5 Å². The smallest absolute Gasteiger partial charge is 0.312 e. The Balaban J connectivity index is 1.79. The molecule has 2 bridgehead atoms. The Morgan fingerprint density at radius 1 is 1.25 bits per heavy atom. The Morgan fingerprint density at radius 2 is 1.98 bits per heavy atom. The maximum absolute atomic E-state index is 14.6. The molecule has 0 aliphatic carbocycles. The fraction of sp³-hybridized carbons (Fsp3) is 0.594. The van der Waals surface area contributed by atoms with Crippen molar-refractivity contribution in [1.82, 2.24) is 9.80 Å². The van der Waals surface area contributed by atoms with E-state index in [0.29, 0.717) is 32.2 Å². The average molecular weight is 553 g/mol. The number of rotatable bonds is 14. The van der Waals surface area contributed by atoms with Crippen LogP contribution in [0.1, 0.15) is 58.4 Å². The molecular weight excluding hydrogens is 508 g/mol. The molecule has 8 nitrogen and oxygen atoms in total. The van der Waals surface area contributed by atoms with Crippen LogP contribution in [-0.2, 0) is 30.3 Å². The molecule has 2 amide bonds. The Hall–Kier alpha value is -2.97. The first-order valence-electron chi connectivity index (χ1n) is 14.5. The predicted molar refractivity (Wildman–Crippen MR) is 152 cm³/mol. The number of ether oxygens (including phenoxy) is 2. The van der Waals surface area contributed by atoms with Crippen molar-refractivity contribution in [3.8, 4) is 0 Å². The number of carbonyl (C=O) groups excluding carboxylic acids is 3. The summed E-state index contributed by atoms with van der Waals surface area (Å²) in [5.74, 6) is -2.75. The maximum Gasteiger partial charge on any atom is 0.312 e. The van der Waals surface area contributed by atoms with Crippen molar-refractivity contribution < 1.29 is 29.0 Å². The molecule has 3 aliphatic rings. The van der Waals surface area contributed by atoms with Crippen LogP contribution in [0.3, 0.4) is 0 Å². The van der Waals surface area contributed by atoms with Gasteiger partial charge in [0.1, 0.15) is 17.6 Å². The van der Waals surface area contributed by atoms with E-state index in [1.54, 1.807) is 22.0 Å². The molecule has 218 valence electrons. The highest BCUT2D eigenvalue weighted by atomic mass is 16.6. The van der Waals surface area contributed by atoms with Gasteiger partial charge in [0.05, 0.1) is 30.8 Å². The minimum atomic E-state index is -1.18. The van der Waals surface area contributed by atoms with Gasteiger partial charge in [0, 0.05) is 12.6 Å². The van der Waals surface area contributed by atoms with Gasteiger partial charge in [-0.15, -0.1) is 13.2 Å². The van der Waals surface area contributed by atoms with Gasteiger partial charge >= 0.3 is 5.97 Å². The van der Waals surface area contributed by atoms with Gasteiger partial charge in [-0.3, -0.25) is 14.4 Å². The summed E-state index contributed by atoms with van der Waals surface area (Å²) < 4.78 is 12.3. The van der Waals surface area contributed by atoms with E-state index in [9.17, 15) is 19.5 Å². The average Bonchev–Trinajstić information content (AvgIpc) is 3.51. The van der Waals surface area contributed by atoms with E-state index in [2.05, 4.69) is 20.1 Å². The van der Waals surface area contributed by atoms with Crippen LogP contribution in [0, 0.1) is 11.8 Å². The third kappa shape index (κ3) is 5.12. The van der Waals surface area contributed by atoms with Gasteiger partial charge in [0.15, 0.2) is 0 Å². The molecule has 3 saturated heterocycles. The molecule has 3 unspecified atom stereocenters. The highest BCUT2D eigenvalue weighted by molar-refractivity contribution is 5.99. The first-order valence-corrected chi connectivity index (χ1v) is 14.5. The van der Waals surface area contributed by atoms with Gasteiger partial charge < -0.3 is 24.4 Å².